The van der Waals surface area contributed by atoms with Crippen LogP contribution in [0.5, 0.6) is 5.75 Å². The molecule has 0 fully saturated rings. The van der Waals surface area contributed by atoms with Gasteiger partial charge in [0.05, 0.1) is 0 Å². The van der Waals surface area contributed by atoms with E-state index >= 15 is 0 Å². The van der Waals surface area contributed by atoms with Crippen LogP contribution in [0.15, 0.2) is 10.9 Å². The lowest BCUT2D eigenvalue weighted by molar-refractivity contribution is 0.107. The summed E-state index contributed by atoms with van der Waals surface area (Å²) in [4.78, 5) is 23.3. The first-order valence-corrected chi connectivity index (χ1v) is 3.75. The largest absolute Gasteiger partial charge is 0.503 e. The number of aromatic hydroxyl groups is 1. The number of aromatic amines is 1. The average molecular weight is 224 g/mol. The summed E-state index contributed by atoms with van der Waals surface area (Å²) in [6.07, 6.45) is -3.08. The Kier molecular flexibility index (Phi) is 2.85. The van der Waals surface area contributed by atoms with E-state index in [4.69, 9.17) is 16.7 Å². The van der Waals surface area contributed by atoms with Crippen LogP contribution in [0.1, 0.15) is 22.6 Å². The topological polar surface area (TPSA) is 70.2 Å². The molecule has 0 saturated heterocycles. The Morgan fingerprint density at radius 2 is 2.14 bits per heavy atom. The van der Waals surface area contributed by atoms with Crippen LogP contribution in [-0.2, 0) is 0 Å². The Morgan fingerprint density at radius 3 is 2.57 bits per heavy atom. The molecule has 0 amide bonds. The number of carbonyl (C=O) groups is 1. The third-order valence-corrected chi connectivity index (χ3v) is 1.67. The molecule has 0 aromatic carbocycles. The molecule has 1 aromatic rings. The molecular weight excluding hydrogens is 220 g/mol. The van der Waals surface area contributed by atoms with Gasteiger partial charge in [-0.2, -0.15) is 0 Å². The summed E-state index contributed by atoms with van der Waals surface area (Å²) in [5.41, 5.74) is -2.57. The van der Waals surface area contributed by atoms with Gasteiger partial charge in [-0.15, -0.1) is 0 Å². The summed E-state index contributed by atoms with van der Waals surface area (Å²) in [6, 6.07) is 0.649. The molecule has 1 heterocycles. The van der Waals surface area contributed by atoms with Gasteiger partial charge in [0.25, 0.3) is 11.7 Å². The molecule has 7 heteroatoms. The predicted molar refractivity (Wildman–Crippen MR) is 43.9 cm³/mol. The van der Waals surface area contributed by atoms with Gasteiger partial charge in [-0.25, -0.2) is 8.78 Å². The van der Waals surface area contributed by atoms with Crippen LogP contribution < -0.4 is 5.43 Å². The maximum atomic E-state index is 12.2. The number of pyridine rings is 1. The molecule has 0 aliphatic carbocycles. The highest BCUT2D eigenvalue weighted by Crippen LogP contribution is 2.23. The molecule has 0 spiro atoms. The smallest absolute Gasteiger partial charge is 0.282 e. The highest BCUT2D eigenvalue weighted by Gasteiger charge is 2.18. The monoisotopic (exact) mass is 223 g/mol. The predicted octanol–water partition coefficient (Wildman–Crippen LogP) is 1.40. The van der Waals surface area contributed by atoms with Gasteiger partial charge in [0.15, 0.2) is 5.75 Å². The van der Waals surface area contributed by atoms with Gasteiger partial charge in [0.2, 0.25) is 5.43 Å². The lowest BCUT2D eigenvalue weighted by Crippen LogP contribution is -2.10. The van der Waals surface area contributed by atoms with Crippen molar-refractivity contribution in [1.82, 2.24) is 4.98 Å². The Hall–Kier alpha value is -1.43. The van der Waals surface area contributed by atoms with Gasteiger partial charge in [0.1, 0.15) is 11.4 Å². The van der Waals surface area contributed by atoms with E-state index in [0.717, 1.165) is 0 Å². The molecule has 14 heavy (non-hydrogen) atoms. The molecule has 76 valence electrons. The fraction of sp³-hybridized carbons (Fsp3) is 0.143. The molecule has 0 unspecified atom stereocenters. The Morgan fingerprint density at radius 1 is 1.57 bits per heavy atom. The Balaban J connectivity index is 3.43. The molecule has 4 nitrogen and oxygen atoms in total. The van der Waals surface area contributed by atoms with E-state index in [2.05, 4.69) is 0 Å². The summed E-state index contributed by atoms with van der Waals surface area (Å²) >= 11 is 4.97. The van der Waals surface area contributed by atoms with Crippen LogP contribution in [0, 0.1) is 0 Å². The summed E-state index contributed by atoms with van der Waals surface area (Å²) in [5, 5.41) is 7.82. The lowest BCUT2D eigenvalue weighted by atomic mass is 10.3. The van der Waals surface area contributed by atoms with Crippen molar-refractivity contribution in [2.75, 3.05) is 0 Å². The first-order valence-electron chi connectivity index (χ1n) is 3.37. The second-order valence-electron chi connectivity index (χ2n) is 2.38. The summed E-state index contributed by atoms with van der Waals surface area (Å²) < 4.78 is 24.3. The number of halogens is 3. The average Bonchev–Trinajstić information content (AvgIpc) is 2.08. The maximum absolute atomic E-state index is 12.2. The fourth-order valence-corrected chi connectivity index (χ4v) is 0.938. The molecule has 0 aliphatic rings. The minimum atomic E-state index is -3.08. The van der Waals surface area contributed by atoms with Crippen molar-refractivity contribution in [3.63, 3.8) is 0 Å². The third kappa shape index (κ3) is 1.90. The van der Waals surface area contributed by atoms with Gasteiger partial charge in [-0.05, 0) is 11.6 Å². The van der Waals surface area contributed by atoms with Crippen LogP contribution in [0.25, 0.3) is 0 Å². The molecule has 0 atom stereocenters. The second kappa shape index (κ2) is 3.75. The fourth-order valence-electron chi connectivity index (χ4n) is 0.836. The quantitative estimate of drug-likeness (QED) is 0.745. The van der Waals surface area contributed by atoms with E-state index in [1.165, 1.54) is 0 Å². The molecule has 1 aromatic heterocycles. The van der Waals surface area contributed by atoms with Crippen LogP contribution in [-0.4, -0.2) is 15.3 Å². The van der Waals surface area contributed by atoms with Gasteiger partial charge in [0, 0.05) is 6.07 Å². The first-order chi connectivity index (χ1) is 6.43. The molecular formula is C7H4ClF2NO3. The molecule has 0 bridgehead atoms. The van der Waals surface area contributed by atoms with Crippen LogP contribution in [0.4, 0.5) is 8.78 Å². The van der Waals surface area contributed by atoms with Crippen molar-refractivity contribution in [3.05, 3.63) is 27.7 Å². The summed E-state index contributed by atoms with van der Waals surface area (Å²) in [7, 11) is 0. The lowest BCUT2D eigenvalue weighted by Gasteiger charge is -2.03. The van der Waals surface area contributed by atoms with E-state index in [0.29, 0.717) is 6.07 Å². The van der Waals surface area contributed by atoms with Crippen molar-refractivity contribution >= 4 is 16.8 Å². The number of hydrogen-bond acceptors (Lipinski definition) is 3. The minimum absolute atomic E-state index is 0.482. The van der Waals surface area contributed by atoms with E-state index in [1.54, 1.807) is 0 Å². The Labute approximate surface area is 81.1 Å². The normalized spacial score (nSPS) is 10.6. The summed E-state index contributed by atoms with van der Waals surface area (Å²) in [5.74, 6) is -1.11. The van der Waals surface area contributed by atoms with E-state index in [9.17, 15) is 18.4 Å². The van der Waals surface area contributed by atoms with Crippen LogP contribution >= 0.6 is 11.6 Å². The van der Waals surface area contributed by atoms with Crippen molar-refractivity contribution in [2.45, 2.75) is 6.43 Å². The number of carbonyl (C=O) groups excluding carboxylic acids is 1. The standard InChI is InChI=1S/C7H4ClF2NO3/c8-6(14)2-1-3(12)5(13)4(11-2)7(9)10/h1,7,13H,(H,11,12). The van der Waals surface area contributed by atoms with Crippen molar-refractivity contribution in [3.8, 4) is 5.75 Å². The highest BCUT2D eigenvalue weighted by atomic mass is 35.5. The van der Waals surface area contributed by atoms with Crippen molar-refractivity contribution < 1.29 is 18.7 Å². The number of hydrogen-bond donors (Lipinski definition) is 2. The van der Waals surface area contributed by atoms with Gasteiger partial charge in [-0.1, -0.05) is 0 Å². The van der Waals surface area contributed by atoms with Crippen LogP contribution in [0.3, 0.4) is 0 Å². The van der Waals surface area contributed by atoms with Gasteiger partial charge >= 0.3 is 0 Å². The zero-order chi connectivity index (χ0) is 10.9. The minimum Gasteiger partial charge on any atom is -0.503 e. The SMILES string of the molecule is O=C(Cl)c1cc(=O)c(O)c(C(F)F)[nH]1. The van der Waals surface area contributed by atoms with Crippen LogP contribution in [0.2, 0.25) is 0 Å². The number of nitrogens with one attached hydrogen (secondary N) is 1. The van der Waals surface area contributed by atoms with Gasteiger partial charge in [-0.3, -0.25) is 9.59 Å². The first kappa shape index (κ1) is 10.6. The highest BCUT2D eigenvalue weighted by molar-refractivity contribution is 6.67. The van der Waals surface area contributed by atoms with Crippen molar-refractivity contribution in [2.24, 2.45) is 0 Å². The molecule has 0 saturated carbocycles. The summed E-state index contributed by atoms with van der Waals surface area (Å²) in [6.45, 7) is 0. The molecule has 0 aliphatic heterocycles. The van der Waals surface area contributed by atoms with Gasteiger partial charge < -0.3 is 10.1 Å². The third-order valence-electron chi connectivity index (χ3n) is 1.46. The zero-order valence-corrected chi connectivity index (χ0v) is 7.31. The Bertz CT molecular complexity index is 429. The van der Waals surface area contributed by atoms with E-state index in [-0.39, 0.29) is 0 Å². The second-order valence-corrected chi connectivity index (χ2v) is 2.73. The number of rotatable bonds is 2. The van der Waals surface area contributed by atoms with E-state index < -0.39 is 34.2 Å². The number of alkyl halides is 2. The van der Waals surface area contributed by atoms with E-state index in [1.807, 2.05) is 4.98 Å². The zero-order valence-electron chi connectivity index (χ0n) is 6.55. The van der Waals surface area contributed by atoms with Crippen molar-refractivity contribution in [1.29, 1.82) is 0 Å². The molecule has 1 rings (SSSR count). The molecule has 0 radical (unpaired) electrons. The number of H-pyrrole nitrogens is 1. The molecule has 2 N–H and O–H groups in total. The maximum Gasteiger partial charge on any atom is 0.282 e. The number of aromatic nitrogens is 1.